The third-order valence-corrected chi connectivity index (χ3v) is 2.26. The summed E-state index contributed by atoms with van der Waals surface area (Å²) in [5, 5.41) is 12.7. The minimum Gasteiger partial charge on any atom is -0.466 e. The molecule has 4 heteroatoms. The quantitative estimate of drug-likeness (QED) is 0.719. The second-order valence-electron chi connectivity index (χ2n) is 3.86. The van der Waals surface area contributed by atoms with Crippen LogP contribution in [0, 0.1) is 0 Å². The van der Waals surface area contributed by atoms with Crippen LogP contribution in [0.5, 0.6) is 0 Å². The molecule has 1 atom stereocenters. The number of carbonyl (C=O) groups excluding carboxylic acids is 1. The summed E-state index contributed by atoms with van der Waals surface area (Å²) >= 11 is 0. The zero-order valence-electron chi connectivity index (χ0n) is 9.40. The van der Waals surface area contributed by atoms with Crippen molar-refractivity contribution in [2.75, 3.05) is 6.54 Å². The lowest BCUT2D eigenvalue weighted by molar-refractivity contribution is -0.122. The molecule has 1 aromatic rings. The number of aliphatic hydroxyl groups is 1. The SMILES string of the molecule is C=CCCC(=O)NC[C@@](C)(O)c1ccco1. The van der Waals surface area contributed by atoms with E-state index in [4.69, 9.17) is 4.42 Å². The Hall–Kier alpha value is -1.55. The topological polar surface area (TPSA) is 62.5 Å². The highest BCUT2D eigenvalue weighted by atomic mass is 16.4. The number of rotatable bonds is 6. The normalized spacial score (nSPS) is 14.1. The van der Waals surface area contributed by atoms with Crippen molar-refractivity contribution in [3.63, 3.8) is 0 Å². The first kappa shape index (κ1) is 12.5. The molecule has 1 rings (SSSR count). The standard InChI is InChI=1S/C12H17NO3/c1-3-4-7-11(14)13-9-12(2,15)10-6-5-8-16-10/h3,5-6,8,15H,1,4,7,9H2,2H3,(H,13,14)/t12-/m1/s1. The van der Waals surface area contributed by atoms with E-state index in [1.807, 2.05) is 0 Å². The molecule has 0 spiro atoms. The van der Waals surface area contributed by atoms with E-state index in [-0.39, 0.29) is 12.5 Å². The third kappa shape index (κ3) is 3.55. The van der Waals surface area contributed by atoms with Gasteiger partial charge in [-0.2, -0.15) is 0 Å². The fraction of sp³-hybridized carbons (Fsp3) is 0.417. The number of furan rings is 1. The van der Waals surface area contributed by atoms with Crippen LogP contribution in [-0.4, -0.2) is 17.6 Å². The fourth-order valence-electron chi connectivity index (χ4n) is 1.26. The highest BCUT2D eigenvalue weighted by Crippen LogP contribution is 2.19. The van der Waals surface area contributed by atoms with Crippen molar-refractivity contribution in [1.29, 1.82) is 0 Å². The first-order chi connectivity index (χ1) is 7.56. The highest BCUT2D eigenvalue weighted by molar-refractivity contribution is 5.76. The molecule has 0 aliphatic rings. The number of hydrogen-bond acceptors (Lipinski definition) is 3. The van der Waals surface area contributed by atoms with E-state index in [1.165, 1.54) is 6.26 Å². The average molecular weight is 223 g/mol. The summed E-state index contributed by atoms with van der Waals surface area (Å²) in [5.74, 6) is 0.336. The van der Waals surface area contributed by atoms with Crippen molar-refractivity contribution in [1.82, 2.24) is 5.32 Å². The Kier molecular flexibility index (Phi) is 4.31. The molecule has 1 aromatic heterocycles. The maximum absolute atomic E-state index is 11.3. The van der Waals surface area contributed by atoms with E-state index in [1.54, 1.807) is 25.1 Å². The minimum atomic E-state index is -1.17. The van der Waals surface area contributed by atoms with Gasteiger partial charge in [-0.25, -0.2) is 0 Å². The van der Waals surface area contributed by atoms with E-state index in [2.05, 4.69) is 11.9 Å². The molecule has 2 N–H and O–H groups in total. The molecule has 88 valence electrons. The van der Waals surface area contributed by atoms with Crippen LogP contribution in [0.4, 0.5) is 0 Å². The van der Waals surface area contributed by atoms with Gasteiger partial charge < -0.3 is 14.8 Å². The predicted molar refractivity (Wildman–Crippen MR) is 60.7 cm³/mol. The summed E-state index contributed by atoms with van der Waals surface area (Å²) in [7, 11) is 0. The van der Waals surface area contributed by atoms with Crippen molar-refractivity contribution < 1.29 is 14.3 Å². The first-order valence-corrected chi connectivity index (χ1v) is 5.20. The van der Waals surface area contributed by atoms with Crippen LogP contribution < -0.4 is 5.32 Å². The van der Waals surface area contributed by atoms with Crippen molar-refractivity contribution in [3.05, 3.63) is 36.8 Å². The van der Waals surface area contributed by atoms with Crippen LogP contribution in [-0.2, 0) is 10.4 Å². The second-order valence-corrected chi connectivity index (χ2v) is 3.86. The lowest BCUT2D eigenvalue weighted by Crippen LogP contribution is -2.38. The van der Waals surface area contributed by atoms with Gasteiger partial charge >= 0.3 is 0 Å². The van der Waals surface area contributed by atoms with Gasteiger partial charge in [0.15, 0.2) is 0 Å². The molecule has 0 fully saturated rings. The lowest BCUT2D eigenvalue weighted by Gasteiger charge is -2.21. The number of carbonyl (C=O) groups is 1. The molecule has 0 bridgehead atoms. The molecular weight excluding hydrogens is 206 g/mol. The Morgan fingerprint density at radius 2 is 2.50 bits per heavy atom. The second kappa shape index (κ2) is 5.51. The van der Waals surface area contributed by atoms with Crippen LogP contribution in [0.15, 0.2) is 35.5 Å². The zero-order valence-corrected chi connectivity index (χ0v) is 9.40. The molecule has 0 saturated carbocycles. The summed E-state index contributed by atoms with van der Waals surface area (Å²) in [6.45, 7) is 5.27. The average Bonchev–Trinajstić information content (AvgIpc) is 2.77. The Labute approximate surface area is 95.0 Å². The van der Waals surface area contributed by atoms with E-state index in [9.17, 15) is 9.90 Å². The maximum Gasteiger partial charge on any atom is 0.220 e. The highest BCUT2D eigenvalue weighted by Gasteiger charge is 2.26. The largest absolute Gasteiger partial charge is 0.466 e. The predicted octanol–water partition coefficient (Wildman–Crippen LogP) is 1.57. The lowest BCUT2D eigenvalue weighted by atomic mass is 10.0. The van der Waals surface area contributed by atoms with E-state index in [0.717, 1.165) is 0 Å². The molecule has 4 nitrogen and oxygen atoms in total. The van der Waals surface area contributed by atoms with Gasteiger partial charge in [0.25, 0.3) is 0 Å². The number of allylic oxidation sites excluding steroid dienone is 1. The number of hydrogen-bond donors (Lipinski definition) is 2. The van der Waals surface area contributed by atoms with Crippen LogP contribution in [0.3, 0.4) is 0 Å². The molecule has 0 aromatic carbocycles. The van der Waals surface area contributed by atoms with Crippen molar-refractivity contribution in [3.8, 4) is 0 Å². The molecule has 0 aliphatic heterocycles. The Balaban J connectivity index is 2.42. The van der Waals surface area contributed by atoms with Gasteiger partial charge in [0.1, 0.15) is 11.4 Å². The molecule has 0 saturated heterocycles. The van der Waals surface area contributed by atoms with Crippen molar-refractivity contribution >= 4 is 5.91 Å². The Morgan fingerprint density at radius 3 is 3.06 bits per heavy atom. The van der Waals surface area contributed by atoms with Gasteiger partial charge in [0, 0.05) is 6.42 Å². The van der Waals surface area contributed by atoms with Crippen molar-refractivity contribution in [2.45, 2.75) is 25.4 Å². The molecule has 0 radical (unpaired) electrons. The first-order valence-electron chi connectivity index (χ1n) is 5.20. The van der Waals surface area contributed by atoms with E-state index in [0.29, 0.717) is 18.6 Å². The number of nitrogens with one attached hydrogen (secondary N) is 1. The smallest absolute Gasteiger partial charge is 0.220 e. The molecular formula is C12H17NO3. The monoisotopic (exact) mass is 223 g/mol. The van der Waals surface area contributed by atoms with Gasteiger partial charge in [0.2, 0.25) is 5.91 Å². The fourth-order valence-corrected chi connectivity index (χ4v) is 1.26. The third-order valence-electron chi connectivity index (χ3n) is 2.26. The Bertz CT molecular complexity index is 341. The molecule has 1 heterocycles. The van der Waals surface area contributed by atoms with Crippen LogP contribution in [0.1, 0.15) is 25.5 Å². The zero-order chi connectivity index (χ0) is 12.0. The molecule has 0 unspecified atom stereocenters. The van der Waals surface area contributed by atoms with Crippen molar-refractivity contribution in [2.24, 2.45) is 0 Å². The summed E-state index contributed by atoms with van der Waals surface area (Å²) in [4.78, 5) is 11.3. The van der Waals surface area contributed by atoms with Gasteiger partial charge in [-0.15, -0.1) is 6.58 Å². The summed E-state index contributed by atoms with van der Waals surface area (Å²) in [6.07, 6.45) is 4.19. The van der Waals surface area contributed by atoms with Crippen LogP contribution >= 0.6 is 0 Å². The van der Waals surface area contributed by atoms with Crippen LogP contribution in [0.2, 0.25) is 0 Å². The summed E-state index contributed by atoms with van der Waals surface area (Å²) in [6, 6.07) is 3.37. The summed E-state index contributed by atoms with van der Waals surface area (Å²) < 4.78 is 5.09. The molecule has 1 amide bonds. The van der Waals surface area contributed by atoms with Gasteiger partial charge in [-0.1, -0.05) is 6.08 Å². The number of amides is 1. The molecule has 16 heavy (non-hydrogen) atoms. The maximum atomic E-state index is 11.3. The van der Waals surface area contributed by atoms with Gasteiger partial charge in [0.05, 0.1) is 12.8 Å². The van der Waals surface area contributed by atoms with Gasteiger partial charge in [-0.3, -0.25) is 4.79 Å². The minimum absolute atomic E-state index is 0.105. The van der Waals surface area contributed by atoms with E-state index < -0.39 is 5.60 Å². The van der Waals surface area contributed by atoms with Gasteiger partial charge in [-0.05, 0) is 25.5 Å². The molecule has 0 aliphatic carbocycles. The van der Waals surface area contributed by atoms with E-state index >= 15 is 0 Å². The summed E-state index contributed by atoms with van der Waals surface area (Å²) in [5.41, 5.74) is -1.17. The Morgan fingerprint density at radius 1 is 1.75 bits per heavy atom. The van der Waals surface area contributed by atoms with Crippen LogP contribution in [0.25, 0.3) is 0 Å².